The number of nitrogen functional groups attached to an aromatic ring is 1. The van der Waals surface area contributed by atoms with Crippen molar-refractivity contribution in [2.45, 2.75) is 32.9 Å². The number of anilines is 3. The van der Waals surface area contributed by atoms with Gasteiger partial charge in [-0.2, -0.15) is 0 Å². The molecule has 10 heteroatoms. The zero-order valence-corrected chi connectivity index (χ0v) is 20.1. The summed E-state index contributed by atoms with van der Waals surface area (Å²) in [6.45, 7) is 2.77. The van der Waals surface area contributed by atoms with Gasteiger partial charge in [0.2, 0.25) is 5.91 Å². The highest BCUT2D eigenvalue weighted by Gasteiger charge is 2.25. The summed E-state index contributed by atoms with van der Waals surface area (Å²) in [6, 6.07) is 15.7. The molecule has 1 aromatic heterocycles. The molecule has 0 spiro atoms. The number of hydrogen-bond acceptors (Lipinski definition) is 7. The molecule has 1 fully saturated rings. The molecule has 0 atom stereocenters. The number of benzene rings is 2. The zero-order valence-electron chi connectivity index (χ0n) is 20.1. The van der Waals surface area contributed by atoms with Crippen molar-refractivity contribution in [1.82, 2.24) is 9.13 Å². The zero-order chi connectivity index (χ0) is 25.7. The lowest BCUT2D eigenvalue weighted by Crippen LogP contribution is -2.46. The quantitative estimate of drug-likeness (QED) is 0.462. The second-order valence-electron chi connectivity index (χ2n) is 8.49. The summed E-state index contributed by atoms with van der Waals surface area (Å²) < 4.78 is 7.27. The fraction of sp³-hybridized carbons (Fsp3) is 0.308. The van der Waals surface area contributed by atoms with E-state index in [9.17, 15) is 19.2 Å². The number of nitrogens with one attached hydrogen (secondary N) is 1. The van der Waals surface area contributed by atoms with Crippen LogP contribution >= 0.6 is 0 Å². The maximum atomic E-state index is 13.4. The molecule has 0 bridgehead atoms. The molecule has 0 unspecified atom stereocenters. The minimum absolute atomic E-state index is 0.0834. The number of esters is 1. The van der Waals surface area contributed by atoms with Gasteiger partial charge in [-0.15, -0.1) is 0 Å². The predicted octanol–water partition coefficient (Wildman–Crippen LogP) is 2.06. The van der Waals surface area contributed by atoms with Crippen LogP contribution in [0, 0.1) is 0 Å². The third-order valence-corrected chi connectivity index (χ3v) is 6.05. The molecule has 3 aromatic rings. The molecule has 188 valence electrons. The summed E-state index contributed by atoms with van der Waals surface area (Å²) in [5.41, 5.74) is 6.54. The Morgan fingerprint density at radius 2 is 1.64 bits per heavy atom. The smallest absolute Gasteiger partial charge is 0.340 e. The van der Waals surface area contributed by atoms with Gasteiger partial charge in [0.25, 0.3) is 5.56 Å². The first-order valence-electron chi connectivity index (χ1n) is 11.9. The van der Waals surface area contributed by atoms with Crippen molar-refractivity contribution in [2.75, 3.05) is 35.6 Å². The average Bonchev–Trinajstić information content (AvgIpc) is 3.40. The Bertz CT molecular complexity index is 1370. The highest BCUT2D eigenvalue weighted by Crippen LogP contribution is 2.22. The third-order valence-electron chi connectivity index (χ3n) is 6.05. The maximum absolute atomic E-state index is 13.4. The molecule has 36 heavy (non-hydrogen) atoms. The monoisotopic (exact) mass is 491 g/mol. The highest BCUT2D eigenvalue weighted by molar-refractivity contribution is 6.01. The Balaban J connectivity index is 1.71. The second kappa shape index (κ2) is 10.9. The molecule has 0 radical (unpaired) electrons. The number of nitrogens with two attached hydrogens (primary N) is 1. The number of para-hydroxylation sites is 1. The number of ether oxygens (including phenoxy) is 1. The standard InChI is InChI=1S/C26H29N5O5/c1-2-36-25(34)19-12-6-7-13-20(19)28-21(32)17-31-24(33)22(29-14-8-9-15-29)23(27)30(26(31)35)16-18-10-4-3-5-11-18/h3-7,10-13H,2,8-9,14-17,27H2,1H3,(H,28,32). The summed E-state index contributed by atoms with van der Waals surface area (Å²) in [5, 5.41) is 2.63. The molecule has 1 aliphatic rings. The van der Waals surface area contributed by atoms with Crippen molar-refractivity contribution in [3.63, 3.8) is 0 Å². The Hall–Kier alpha value is -4.34. The lowest BCUT2D eigenvalue weighted by Gasteiger charge is -2.23. The minimum Gasteiger partial charge on any atom is -0.462 e. The number of carbonyl (C=O) groups is 2. The molecule has 3 N–H and O–H groups in total. The van der Waals surface area contributed by atoms with Crippen molar-refractivity contribution in [3.05, 3.63) is 86.6 Å². The number of hydrogen-bond donors (Lipinski definition) is 2. The largest absolute Gasteiger partial charge is 0.462 e. The molecule has 1 amide bonds. The molecule has 2 aromatic carbocycles. The van der Waals surface area contributed by atoms with E-state index in [1.54, 1.807) is 25.1 Å². The highest BCUT2D eigenvalue weighted by atomic mass is 16.5. The van der Waals surface area contributed by atoms with Gasteiger partial charge in [-0.1, -0.05) is 42.5 Å². The van der Waals surface area contributed by atoms with Gasteiger partial charge < -0.3 is 20.7 Å². The van der Waals surface area contributed by atoms with E-state index in [0.29, 0.717) is 13.1 Å². The first-order valence-corrected chi connectivity index (χ1v) is 11.9. The van der Waals surface area contributed by atoms with Gasteiger partial charge in [-0.3, -0.25) is 14.2 Å². The molecule has 0 aliphatic carbocycles. The Morgan fingerprint density at radius 3 is 2.33 bits per heavy atom. The van der Waals surface area contributed by atoms with Crippen LogP contribution in [0.4, 0.5) is 17.2 Å². The van der Waals surface area contributed by atoms with E-state index in [1.807, 2.05) is 35.2 Å². The summed E-state index contributed by atoms with van der Waals surface area (Å²) in [7, 11) is 0. The first-order chi connectivity index (χ1) is 17.4. The van der Waals surface area contributed by atoms with Crippen molar-refractivity contribution < 1.29 is 14.3 Å². The average molecular weight is 492 g/mol. The molecule has 4 rings (SSSR count). The first kappa shape index (κ1) is 24.8. The van der Waals surface area contributed by atoms with Crippen LogP contribution in [0.15, 0.2) is 64.2 Å². The van der Waals surface area contributed by atoms with Crippen LogP contribution in [0.1, 0.15) is 35.7 Å². The van der Waals surface area contributed by atoms with Crippen molar-refractivity contribution in [2.24, 2.45) is 0 Å². The topological polar surface area (TPSA) is 129 Å². The lowest BCUT2D eigenvalue weighted by atomic mass is 10.2. The fourth-order valence-corrected chi connectivity index (χ4v) is 4.31. The van der Waals surface area contributed by atoms with E-state index in [2.05, 4.69) is 5.32 Å². The van der Waals surface area contributed by atoms with Crippen molar-refractivity contribution in [1.29, 1.82) is 0 Å². The molecule has 1 aliphatic heterocycles. The number of nitrogens with zero attached hydrogens (tertiary/aromatic N) is 3. The molecule has 1 saturated heterocycles. The Morgan fingerprint density at radius 1 is 0.972 bits per heavy atom. The summed E-state index contributed by atoms with van der Waals surface area (Å²) >= 11 is 0. The van der Waals surface area contributed by atoms with Crippen LogP contribution in [-0.4, -0.2) is 40.7 Å². The molecule has 0 saturated carbocycles. The maximum Gasteiger partial charge on any atom is 0.340 e. The van der Waals surface area contributed by atoms with Gasteiger partial charge in [0.1, 0.15) is 18.1 Å². The SMILES string of the molecule is CCOC(=O)c1ccccc1NC(=O)Cn1c(=O)c(N2CCCC2)c(N)n(Cc2ccccc2)c1=O. The van der Waals surface area contributed by atoms with Gasteiger partial charge in [-0.25, -0.2) is 14.2 Å². The second-order valence-corrected chi connectivity index (χ2v) is 8.49. The van der Waals surface area contributed by atoms with E-state index < -0.39 is 29.7 Å². The van der Waals surface area contributed by atoms with E-state index >= 15 is 0 Å². The fourth-order valence-electron chi connectivity index (χ4n) is 4.31. The third kappa shape index (κ3) is 5.17. The minimum atomic E-state index is -0.682. The van der Waals surface area contributed by atoms with Gasteiger partial charge in [-0.05, 0) is 37.5 Å². The van der Waals surface area contributed by atoms with Gasteiger partial charge in [0.15, 0.2) is 0 Å². The van der Waals surface area contributed by atoms with E-state index in [0.717, 1.165) is 23.0 Å². The van der Waals surface area contributed by atoms with E-state index in [1.165, 1.54) is 10.6 Å². The number of carbonyl (C=O) groups excluding carboxylic acids is 2. The van der Waals surface area contributed by atoms with Crippen LogP contribution in [0.5, 0.6) is 0 Å². The molecular weight excluding hydrogens is 462 g/mol. The predicted molar refractivity (Wildman–Crippen MR) is 137 cm³/mol. The van der Waals surface area contributed by atoms with Crippen LogP contribution in [-0.2, 0) is 22.6 Å². The Kier molecular flexibility index (Phi) is 7.53. The van der Waals surface area contributed by atoms with Crippen molar-refractivity contribution in [3.8, 4) is 0 Å². The summed E-state index contributed by atoms with van der Waals surface area (Å²) in [5.74, 6) is -1.13. The Labute approximate surface area is 207 Å². The van der Waals surface area contributed by atoms with E-state index in [4.69, 9.17) is 10.5 Å². The number of aromatic nitrogens is 2. The molecule has 2 heterocycles. The van der Waals surface area contributed by atoms with Crippen LogP contribution in [0.25, 0.3) is 0 Å². The summed E-state index contributed by atoms with van der Waals surface area (Å²) in [6.07, 6.45) is 1.81. The number of amides is 1. The number of rotatable bonds is 8. The van der Waals surface area contributed by atoms with Crippen LogP contribution in [0.3, 0.4) is 0 Å². The van der Waals surface area contributed by atoms with Gasteiger partial charge >= 0.3 is 11.7 Å². The van der Waals surface area contributed by atoms with Crippen LogP contribution in [0.2, 0.25) is 0 Å². The van der Waals surface area contributed by atoms with Crippen molar-refractivity contribution >= 4 is 29.1 Å². The normalized spacial score (nSPS) is 13.0. The van der Waals surface area contributed by atoms with Crippen LogP contribution < -0.4 is 27.2 Å². The van der Waals surface area contributed by atoms with E-state index in [-0.39, 0.29) is 35.9 Å². The molecule has 10 nitrogen and oxygen atoms in total. The summed E-state index contributed by atoms with van der Waals surface area (Å²) in [4.78, 5) is 53.9. The van der Waals surface area contributed by atoms with Gasteiger partial charge in [0, 0.05) is 13.1 Å². The molecular formula is C26H29N5O5. The lowest BCUT2D eigenvalue weighted by molar-refractivity contribution is -0.116. The van der Waals surface area contributed by atoms with Gasteiger partial charge in [0.05, 0.1) is 24.4 Å².